The van der Waals surface area contributed by atoms with Gasteiger partial charge in [-0.3, -0.25) is 10.1 Å². The number of anilines is 1. The van der Waals surface area contributed by atoms with E-state index in [2.05, 4.69) is 15.6 Å². The van der Waals surface area contributed by atoms with Crippen LogP contribution in [0.15, 0.2) is 21.2 Å². The molecule has 78 valence electrons. The third-order valence-electron chi connectivity index (χ3n) is 1.72. The van der Waals surface area contributed by atoms with Crippen LogP contribution in [0.5, 0.6) is 0 Å². The van der Waals surface area contributed by atoms with E-state index in [1.54, 1.807) is 26.0 Å². The molecule has 6 nitrogen and oxygen atoms in total. The predicted octanol–water partition coefficient (Wildman–Crippen LogP) is 1.53. The molecule has 2 aromatic heterocycles. The van der Waals surface area contributed by atoms with Crippen LogP contribution in [0.1, 0.15) is 21.9 Å². The zero-order valence-corrected chi connectivity index (χ0v) is 8.27. The average Bonchev–Trinajstić information content (AvgIpc) is 2.75. The van der Waals surface area contributed by atoms with Gasteiger partial charge in [0.15, 0.2) is 0 Å². The summed E-state index contributed by atoms with van der Waals surface area (Å²) in [4.78, 5) is 11.5. The van der Waals surface area contributed by atoms with Crippen LogP contribution in [0.25, 0.3) is 0 Å². The van der Waals surface area contributed by atoms with Crippen LogP contribution in [-0.4, -0.2) is 16.2 Å². The van der Waals surface area contributed by atoms with E-state index in [0.29, 0.717) is 11.4 Å². The molecule has 0 aliphatic heterocycles. The van der Waals surface area contributed by atoms with E-state index in [-0.39, 0.29) is 11.6 Å². The molecular formula is C9H9N3O3. The first-order valence-electron chi connectivity index (χ1n) is 4.33. The zero-order chi connectivity index (χ0) is 10.8. The van der Waals surface area contributed by atoms with Crippen LogP contribution in [0.3, 0.4) is 0 Å². The zero-order valence-electron chi connectivity index (χ0n) is 8.27. The topological polar surface area (TPSA) is 81.2 Å². The van der Waals surface area contributed by atoms with Crippen LogP contribution in [0, 0.1) is 13.8 Å². The fraction of sp³-hybridized carbons (Fsp3) is 0.222. The quantitative estimate of drug-likeness (QED) is 0.807. The number of amides is 1. The van der Waals surface area contributed by atoms with Crippen molar-refractivity contribution in [3.8, 4) is 0 Å². The first kappa shape index (κ1) is 9.45. The molecule has 0 aliphatic carbocycles. The van der Waals surface area contributed by atoms with Gasteiger partial charge in [0.1, 0.15) is 0 Å². The van der Waals surface area contributed by atoms with Gasteiger partial charge in [-0.05, 0) is 13.8 Å². The van der Waals surface area contributed by atoms with E-state index in [4.69, 9.17) is 9.05 Å². The van der Waals surface area contributed by atoms with Crippen LogP contribution in [0.2, 0.25) is 0 Å². The maximum Gasteiger partial charge on any atom is 0.296 e. The first-order chi connectivity index (χ1) is 7.15. The van der Waals surface area contributed by atoms with Crippen LogP contribution < -0.4 is 5.32 Å². The molecule has 0 aromatic carbocycles. The molecule has 15 heavy (non-hydrogen) atoms. The van der Waals surface area contributed by atoms with Crippen molar-refractivity contribution in [1.82, 2.24) is 10.3 Å². The monoisotopic (exact) mass is 207 g/mol. The van der Waals surface area contributed by atoms with Gasteiger partial charge in [0.05, 0.1) is 11.4 Å². The molecule has 2 heterocycles. The lowest BCUT2D eigenvalue weighted by molar-refractivity contribution is 0.0984. The summed E-state index contributed by atoms with van der Waals surface area (Å²) in [7, 11) is 0. The average molecular weight is 207 g/mol. The SMILES string of the molecule is Cc1cc(NC(=O)c2cc(C)no2)on1. The normalized spacial score (nSPS) is 10.3. The number of hydrogen-bond acceptors (Lipinski definition) is 5. The van der Waals surface area contributed by atoms with Gasteiger partial charge in [-0.2, -0.15) is 0 Å². The van der Waals surface area contributed by atoms with Crippen molar-refractivity contribution in [2.75, 3.05) is 5.32 Å². The Morgan fingerprint density at radius 2 is 1.87 bits per heavy atom. The highest BCUT2D eigenvalue weighted by Crippen LogP contribution is 2.11. The molecule has 0 saturated heterocycles. The molecule has 1 amide bonds. The van der Waals surface area contributed by atoms with E-state index in [1.807, 2.05) is 0 Å². The molecule has 0 atom stereocenters. The summed E-state index contributed by atoms with van der Waals surface area (Å²) < 4.78 is 9.60. The fourth-order valence-corrected chi connectivity index (χ4v) is 1.07. The molecule has 0 fully saturated rings. The summed E-state index contributed by atoms with van der Waals surface area (Å²) in [5.41, 5.74) is 1.34. The van der Waals surface area contributed by atoms with Crippen molar-refractivity contribution in [2.24, 2.45) is 0 Å². The lowest BCUT2D eigenvalue weighted by atomic mass is 10.3. The molecular weight excluding hydrogens is 198 g/mol. The van der Waals surface area contributed by atoms with Crippen LogP contribution in [0.4, 0.5) is 5.88 Å². The fourth-order valence-electron chi connectivity index (χ4n) is 1.07. The Hall–Kier alpha value is -2.11. The second-order valence-corrected chi connectivity index (χ2v) is 3.12. The minimum absolute atomic E-state index is 0.140. The van der Waals surface area contributed by atoms with Gasteiger partial charge >= 0.3 is 0 Å². The largest absolute Gasteiger partial charge is 0.351 e. The van der Waals surface area contributed by atoms with Crippen LogP contribution in [-0.2, 0) is 0 Å². The van der Waals surface area contributed by atoms with E-state index in [0.717, 1.165) is 0 Å². The van der Waals surface area contributed by atoms with Crippen molar-refractivity contribution in [1.29, 1.82) is 0 Å². The van der Waals surface area contributed by atoms with Crippen LogP contribution >= 0.6 is 0 Å². The van der Waals surface area contributed by atoms with Crippen molar-refractivity contribution >= 4 is 11.8 Å². The van der Waals surface area contributed by atoms with E-state index in [9.17, 15) is 4.79 Å². The smallest absolute Gasteiger partial charge is 0.296 e. The third-order valence-corrected chi connectivity index (χ3v) is 1.72. The highest BCUT2D eigenvalue weighted by molar-refractivity contribution is 6.01. The first-order valence-corrected chi connectivity index (χ1v) is 4.33. The van der Waals surface area contributed by atoms with Gasteiger partial charge in [-0.15, -0.1) is 0 Å². The lowest BCUT2D eigenvalue weighted by Gasteiger charge is -1.94. The van der Waals surface area contributed by atoms with Crippen molar-refractivity contribution in [2.45, 2.75) is 13.8 Å². The molecule has 2 rings (SSSR count). The Kier molecular flexibility index (Phi) is 2.24. The number of nitrogens with one attached hydrogen (secondary N) is 1. The van der Waals surface area contributed by atoms with E-state index in [1.165, 1.54) is 0 Å². The summed E-state index contributed by atoms with van der Waals surface area (Å²) in [5, 5.41) is 9.73. The highest BCUT2D eigenvalue weighted by atomic mass is 16.5. The number of aromatic nitrogens is 2. The molecule has 0 spiro atoms. The lowest BCUT2D eigenvalue weighted by Crippen LogP contribution is -2.10. The molecule has 2 aromatic rings. The van der Waals surface area contributed by atoms with Gasteiger partial charge in [-0.25, -0.2) is 0 Å². The van der Waals surface area contributed by atoms with Crippen molar-refractivity contribution in [3.63, 3.8) is 0 Å². The molecule has 0 bridgehead atoms. The Labute approximate surface area is 85.2 Å². The number of aryl methyl sites for hydroxylation is 2. The second kappa shape index (κ2) is 3.56. The third kappa shape index (κ3) is 2.04. The summed E-state index contributed by atoms with van der Waals surface area (Å²) in [6.45, 7) is 3.50. The molecule has 0 radical (unpaired) electrons. The number of nitrogens with zero attached hydrogens (tertiary/aromatic N) is 2. The predicted molar refractivity (Wildman–Crippen MR) is 50.4 cm³/mol. The Balaban J connectivity index is 2.10. The highest BCUT2D eigenvalue weighted by Gasteiger charge is 2.13. The Bertz CT molecular complexity index is 486. The van der Waals surface area contributed by atoms with E-state index >= 15 is 0 Å². The molecule has 0 unspecified atom stereocenters. The van der Waals surface area contributed by atoms with Gasteiger partial charge in [0.25, 0.3) is 5.91 Å². The van der Waals surface area contributed by atoms with Gasteiger partial charge in [0, 0.05) is 12.1 Å². The molecule has 0 saturated carbocycles. The number of carbonyl (C=O) groups is 1. The van der Waals surface area contributed by atoms with Crippen molar-refractivity contribution < 1.29 is 13.8 Å². The maximum atomic E-state index is 11.5. The summed E-state index contributed by atoms with van der Waals surface area (Å²) in [6, 6.07) is 3.15. The molecule has 1 N–H and O–H groups in total. The Morgan fingerprint density at radius 1 is 1.20 bits per heavy atom. The maximum absolute atomic E-state index is 11.5. The summed E-state index contributed by atoms with van der Waals surface area (Å²) >= 11 is 0. The number of carbonyl (C=O) groups excluding carboxylic acids is 1. The van der Waals surface area contributed by atoms with Gasteiger partial charge < -0.3 is 9.05 Å². The molecule has 6 heteroatoms. The standard InChI is InChI=1S/C9H9N3O3/c1-5-3-7(14-11-5)9(13)10-8-4-6(2)12-15-8/h3-4H,1-2H3,(H,10,13). The number of hydrogen-bond donors (Lipinski definition) is 1. The summed E-state index contributed by atoms with van der Waals surface area (Å²) in [5.74, 6) is 0.0138. The Morgan fingerprint density at radius 3 is 2.40 bits per heavy atom. The van der Waals surface area contributed by atoms with Gasteiger partial charge in [-0.1, -0.05) is 10.3 Å². The van der Waals surface area contributed by atoms with Crippen molar-refractivity contribution in [3.05, 3.63) is 29.3 Å². The van der Waals surface area contributed by atoms with Gasteiger partial charge in [0.2, 0.25) is 11.6 Å². The summed E-state index contributed by atoms with van der Waals surface area (Å²) in [6.07, 6.45) is 0. The second-order valence-electron chi connectivity index (χ2n) is 3.12. The van der Waals surface area contributed by atoms with E-state index < -0.39 is 5.91 Å². The minimum Gasteiger partial charge on any atom is -0.351 e. The molecule has 0 aliphatic rings. The number of rotatable bonds is 2. The minimum atomic E-state index is -0.410.